The van der Waals surface area contributed by atoms with Crippen molar-refractivity contribution in [3.8, 4) is 6.07 Å². The number of ether oxygens (including phenoxy) is 1. The number of hydrogen-bond donors (Lipinski definition) is 1. The van der Waals surface area contributed by atoms with Crippen molar-refractivity contribution in [2.24, 2.45) is 0 Å². The van der Waals surface area contributed by atoms with Crippen molar-refractivity contribution >= 4 is 29.2 Å². The van der Waals surface area contributed by atoms with Gasteiger partial charge in [0.1, 0.15) is 6.61 Å². The molecule has 0 spiro atoms. The van der Waals surface area contributed by atoms with E-state index >= 15 is 0 Å². The number of halogens is 1. The minimum absolute atomic E-state index is 0.111. The lowest BCUT2D eigenvalue weighted by molar-refractivity contribution is -0.118. The van der Waals surface area contributed by atoms with Crippen LogP contribution in [-0.4, -0.2) is 18.4 Å². The molecule has 0 aliphatic carbocycles. The average molecular weight is 524 g/mol. The number of nitrogens with zero attached hydrogens (tertiary/aromatic N) is 2. The summed E-state index contributed by atoms with van der Waals surface area (Å²) < 4.78 is 5.42. The fourth-order valence-corrected chi connectivity index (χ4v) is 3.91. The molecule has 1 N–H and O–H groups in total. The number of esters is 1. The van der Waals surface area contributed by atoms with E-state index in [-0.39, 0.29) is 19.1 Å². The number of carbonyl (C=O) groups excluding carboxylic acids is 2. The van der Waals surface area contributed by atoms with Gasteiger partial charge >= 0.3 is 5.97 Å². The van der Waals surface area contributed by atoms with E-state index in [0.29, 0.717) is 34.9 Å². The summed E-state index contributed by atoms with van der Waals surface area (Å²) in [5.41, 5.74) is 4.39. The third-order valence-electron chi connectivity index (χ3n) is 5.87. The molecule has 0 saturated carbocycles. The van der Waals surface area contributed by atoms with E-state index in [2.05, 4.69) is 11.4 Å². The van der Waals surface area contributed by atoms with Crippen LogP contribution in [0.2, 0.25) is 5.02 Å². The number of hydrogen-bond acceptors (Lipinski definition) is 5. The Morgan fingerprint density at radius 2 is 1.47 bits per heavy atom. The van der Waals surface area contributed by atoms with Crippen molar-refractivity contribution in [1.82, 2.24) is 5.32 Å². The lowest BCUT2D eigenvalue weighted by atomic mass is 10.1. The number of amides is 1. The van der Waals surface area contributed by atoms with Crippen LogP contribution in [0.15, 0.2) is 103 Å². The Kier molecular flexibility index (Phi) is 9.25. The van der Waals surface area contributed by atoms with Crippen molar-refractivity contribution in [2.75, 3.05) is 11.4 Å². The summed E-state index contributed by atoms with van der Waals surface area (Å²) >= 11 is 5.95. The molecule has 0 radical (unpaired) electrons. The number of carbonyl (C=O) groups is 2. The molecule has 0 aliphatic heterocycles. The number of nitrogens with one attached hydrogen (secondary N) is 1. The Morgan fingerprint density at radius 1 is 0.816 bits per heavy atom. The van der Waals surface area contributed by atoms with Gasteiger partial charge in [-0.3, -0.25) is 4.79 Å². The van der Waals surface area contributed by atoms with Crippen molar-refractivity contribution in [1.29, 1.82) is 5.26 Å². The maximum absolute atomic E-state index is 13.3. The molecule has 1 amide bonds. The van der Waals surface area contributed by atoms with Gasteiger partial charge in [0.05, 0.1) is 30.3 Å². The smallest absolute Gasteiger partial charge is 0.338 e. The Labute approximate surface area is 227 Å². The van der Waals surface area contributed by atoms with E-state index in [1.807, 2.05) is 66.7 Å². The zero-order valence-corrected chi connectivity index (χ0v) is 21.4. The van der Waals surface area contributed by atoms with Crippen molar-refractivity contribution < 1.29 is 14.3 Å². The van der Waals surface area contributed by atoms with Crippen LogP contribution in [0.1, 0.15) is 32.6 Å². The second kappa shape index (κ2) is 13.2. The maximum Gasteiger partial charge on any atom is 0.338 e. The van der Waals surface area contributed by atoms with Gasteiger partial charge in [-0.2, -0.15) is 5.26 Å². The number of anilines is 1. The van der Waals surface area contributed by atoms with Gasteiger partial charge in [-0.05, 0) is 65.2 Å². The summed E-state index contributed by atoms with van der Waals surface area (Å²) in [5.74, 6) is -0.572. The van der Waals surface area contributed by atoms with Crippen LogP contribution in [0, 0.1) is 11.3 Å². The molecule has 0 atom stereocenters. The Morgan fingerprint density at radius 3 is 2.13 bits per heavy atom. The molecule has 0 heterocycles. The predicted octanol–water partition coefficient (Wildman–Crippen LogP) is 5.89. The molecular weight excluding hydrogens is 498 g/mol. The molecule has 0 saturated heterocycles. The highest BCUT2D eigenvalue weighted by molar-refractivity contribution is 6.30. The van der Waals surface area contributed by atoms with E-state index in [9.17, 15) is 9.59 Å². The van der Waals surface area contributed by atoms with Crippen LogP contribution >= 0.6 is 11.6 Å². The Hall–Kier alpha value is -4.44. The quantitative estimate of drug-likeness (QED) is 0.262. The highest BCUT2D eigenvalue weighted by atomic mass is 35.5. The molecule has 4 aromatic carbocycles. The van der Waals surface area contributed by atoms with Gasteiger partial charge < -0.3 is 15.0 Å². The first-order valence-electron chi connectivity index (χ1n) is 12.1. The lowest BCUT2D eigenvalue weighted by Gasteiger charge is -2.24. The van der Waals surface area contributed by atoms with Crippen molar-refractivity contribution in [3.63, 3.8) is 0 Å². The van der Waals surface area contributed by atoms with Gasteiger partial charge in [-0.25, -0.2) is 4.79 Å². The van der Waals surface area contributed by atoms with Crippen LogP contribution in [0.4, 0.5) is 5.69 Å². The second-order valence-electron chi connectivity index (χ2n) is 8.63. The van der Waals surface area contributed by atoms with Crippen LogP contribution in [0.25, 0.3) is 0 Å². The zero-order valence-electron chi connectivity index (χ0n) is 20.6. The average Bonchev–Trinajstić information content (AvgIpc) is 2.96. The molecule has 0 aliphatic rings. The highest BCUT2D eigenvalue weighted by Crippen LogP contribution is 2.20. The molecule has 4 rings (SSSR count). The van der Waals surface area contributed by atoms with Gasteiger partial charge in [-0.1, -0.05) is 66.2 Å². The number of benzene rings is 4. The first-order valence-corrected chi connectivity index (χ1v) is 12.5. The van der Waals surface area contributed by atoms with Gasteiger partial charge in [0.2, 0.25) is 5.91 Å². The van der Waals surface area contributed by atoms with Crippen LogP contribution in [0.5, 0.6) is 0 Å². The van der Waals surface area contributed by atoms with Gasteiger partial charge in [0.25, 0.3) is 0 Å². The Balaban J connectivity index is 1.45. The standard InChI is InChI=1S/C31H26ClN3O3/c32-28-14-10-24(11-15-28)19-34-20-30(36)35(21-25-8-6-23(18-33)7-9-25)29-16-12-27(13-17-29)31(37)38-22-26-4-2-1-3-5-26/h1-17,34H,19-22H2. The monoisotopic (exact) mass is 523 g/mol. The first-order chi connectivity index (χ1) is 18.5. The molecule has 4 aromatic rings. The zero-order chi connectivity index (χ0) is 26.7. The van der Waals surface area contributed by atoms with Crippen LogP contribution in [0.3, 0.4) is 0 Å². The molecular formula is C31H26ClN3O3. The largest absolute Gasteiger partial charge is 0.457 e. The summed E-state index contributed by atoms with van der Waals surface area (Å²) in [4.78, 5) is 27.5. The van der Waals surface area contributed by atoms with Crippen molar-refractivity contribution in [3.05, 3.63) is 136 Å². The van der Waals surface area contributed by atoms with Gasteiger partial charge in [-0.15, -0.1) is 0 Å². The van der Waals surface area contributed by atoms with E-state index in [4.69, 9.17) is 21.6 Å². The molecule has 190 valence electrons. The third-order valence-corrected chi connectivity index (χ3v) is 6.12. The third kappa shape index (κ3) is 7.53. The van der Waals surface area contributed by atoms with E-state index in [0.717, 1.165) is 16.7 Å². The molecule has 38 heavy (non-hydrogen) atoms. The summed E-state index contributed by atoms with van der Waals surface area (Å²) in [7, 11) is 0. The summed E-state index contributed by atoms with van der Waals surface area (Å²) in [5, 5.41) is 12.9. The van der Waals surface area contributed by atoms with Crippen LogP contribution in [-0.2, 0) is 29.2 Å². The minimum atomic E-state index is -0.435. The SMILES string of the molecule is N#Cc1ccc(CN(C(=O)CNCc2ccc(Cl)cc2)c2ccc(C(=O)OCc3ccccc3)cc2)cc1. The normalized spacial score (nSPS) is 10.4. The Bertz CT molecular complexity index is 1400. The molecule has 0 unspecified atom stereocenters. The lowest BCUT2D eigenvalue weighted by Crippen LogP contribution is -2.37. The first kappa shape index (κ1) is 26.6. The molecule has 0 bridgehead atoms. The topological polar surface area (TPSA) is 82.4 Å². The molecule has 0 fully saturated rings. The molecule has 0 aromatic heterocycles. The minimum Gasteiger partial charge on any atom is -0.457 e. The predicted molar refractivity (Wildman–Crippen MR) is 148 cm³/mol. The van der Waals surface area contributed by atoms with Gasteiger partial charge in [0, 0.05) is 17.3 Å². The fourth-order valence-electron chi connectivity index (χ4n) is 3.79. The van der Waals surface area contributed by atoms with E-state index < -0.39 is 5.97 Å². The summed E-state index contributed by atoms with van der Waals surface area (Å²) in [6.45, 7) is 1.12. The van der Waals surface area contributed by atoms with Crippen molar-refractivity contribution in [2.45, 2.75) is 19.7 Å². The fraction of sp³-hybridized carbons (Fsp3) is 0.129. The number of nitriles is 1. The summed E-state index contributed by atoms with van der Waals surface area (Å²) in [6.07, 6.45) is 0. The van der Waals surface area contributed by atoms with E-state index in [1.54, 1.807) is 41.3 Å². The highest BCUT2D eigenvalue weighted by Gasteiger charge is 2.17. The molecule has 7 heteroatoms. The van der Waals surface area contributed by atoms with Crippen LogP contribution < -0.4 is 10.2 Å². The number of rotatable bonds is 10. The second-order valence-corrected chi connectivity index (χ2v) is 9.06. The summed E-state index contributed by atoms with van der Waals surface area (Å²) in [6, 6.07) is 32.9. The van der Waals surface area contributed by atoms with E-state index in [1.165, 1.54) is 0 Å². The maximum atomic E-state index is 13.3. The molecule has 6 nitrogen and oxygen atoms in total. The van der Waals surface area contributed by atoms with Gasteiger partial charge in [0.15, 0.2) is 0 Å².